The van der Waals surface area contributed by atoms with Crippen LogP contribution < -0.4 is 10.0 Å². The molecule has 0 heterocycles. The molecule has 0 unspecified atom stereocenters. The third kappa shape index (κ3) is 4.33. The molecule has 0 atom stereocenters. The van der Waals surface area contributed by atoms with Crippen molar-refractivity contribution in [1.29, 1.82) is 0 Å². The minimum absolute atomic E-state index is 0.0232. The highest BCUT2D eigenvalue weighted by Crippen LogP contribution is 2.23. The first kappa shape index (κ1) is 18.4. The predicted molar refractivity (Wildman–Crippen MR) is 88.3 cm³/mol. The first-order chi connectivity index (χ1) is 11.0. The van der Waals surface area contributed by atoms with Crippen molar-refractivity contribution in [2.24, 2.45) is 5.41 Å². The van der Waals surface area contributed by atoms with Crippen molar-refractivity contribution >= 4 is 21.9 Å². The van der Waals surface area contributed by atoms with Crippen molar-refractivity contribution in [2.45, 2.75) is 44.6 Å². The fraction of sp³-hybridized carbons (Fsp3) is 0.500. The van der Waals surface area contributed by atoms with Crippen LogP contribution in [-0.2, 0) is 14.8 Å². The predicted octanol–water partition coefficient (Wildman–Crippen LogP) is 1.28. The van der Waals surface area contributed by atoms with Gasteiger partial charge in [-0.1, -0.05) is 6.07 Å². The van der Waals surface area contributed by atoms with Crippen molar-refractivity contribution in [3.8, 4) is 0 Å². The van der Waals surface area contributed by atoms with Gasteiger partial charge in [-0.3, -0.25) is 9.59 Å². The molecule has 1 amide bonds. The lowest BCUT2D eigenvalue weighted by Crippen LogP contribution is -2.39. The Labute approximate surface area is 141 Å². The Morgan fingerprint density at radius 3 is 2.46 bits per heavy atom. The highest BCUT2D eigenvalue weighted by atomic mass is 32.2. The molecular weight excluding hydrogens is 332 g/mol. The van der Waals surface area contributed by atoms with Gasteiger partial charge in [-0.2, -0.15) is 0 Å². The number of carbonyl (C=O) groups is 2. The molecule has 3 N–H and O–H groups in total. The average Bonchev–Trinajstić information content (AvgIpc) is 3.28. The second-order valence-corrected chi connectivity index (χ2v) is 8.46. The van der Waals surface area contributed by atoms with Gasteiger partial charge in [-0.05, 0) is 51.3 Å². The van der Waals surface area contributed by atoms with Crippen molar-refractivity contribution in [3.05, 3.63) is 29.3 Å². The van der Waals surface area contributed by atoms with Crippen molar-refractivity contribution in [1.82, 2.24) is 10.0 Å². The molecule has 1 aliphatic carbocycles. The van der Waals surface area contributed by atoms with Crippen molar-refractivity contribution < 1.29 is 23.1 Å². The number of sulfonamides is 1. The van der Waals surface area contributed by atoms with Gasteiger partial charge < -0.3 is 10.4 Å². The van der Waals surface area contributed by atoms with Crippen LogP contribution in [0.3, 0.4) is 0 Å². The lowest BCUT2D eigenvalue weighted by Gasteiger charge is -2.20. The summed E-state index contributed by atoms with van der Waals surface area (Å²) in [5.74, 6) is -1.52. The maximum Gasteiger partial charge on any atom is 0.310 e. The third-order valence-corrected chi connectivity index (χ3v) is 5.45. The van der Waals surface area contributed by atoms with Crippen LogP contribution in [0.5, 0.6) is 0 Å². The van der Waals surface area contributed by atoms with E-state index in [4.69, 9.17) is 5.11 Å². The Morgan fingerprint density at radius 1 is 1.29 bits per heavy atom. The number of carbonyl (C=O) groups excluding carboxylic acids is 1. The average molecular weight is 354 g/mol. The minimum Gasteiger partial charge on any atom is -0.481 e. The summed E-state index contributed by atoms with van der Waals surface area (Å²) >= 11 is 0. The standard InChI is InChI=1S/C16H22N2O5S/c1-10-4-7-12(24(22,23)18-11-5-6-11)8-13(10)14(19)17-9-16(2,3)15(20)21/h4,7-8,11,18H,5-6,9H2,1-3H3,(H,17,19)(H,20,21). The summed E-state index contributed by atoms with van der Waals surface area (Å²) < 4.78 is 27.1. The second kappa shape index (κ2) is 6.52. The number of amides is 1. The van der Waals surface area contributed by atoms with E-state index in [0.717, 1.165) is 12.8 Å². The smallest absolute Gasteiger partial charge is 0.310 e. The molecule has 132 valence electrons. The number of carboxylic acids is 1. The molecule has 0 radical (unpaired) electrons. The van der Waals surface area contributed by atoms with Crippen LogP contribution >= 0.6 is 0 Å². The van der Waals surface area contributed by atoms with Crippen LogP contribution in [0.15, 0.2) is 23.1 Å². The summed E-state index contributed by atoms with van der Waals surface area (Å²) in [6.07, 6.45) is 1.64. The number of benzene rings is 1. The highest BCUT2D eigenvalue weighted by Gasteiger charge is 2.30. The fourth-order valence-electron chi connectivity index (χ4n) is 1.97. The molecule has 1 aromatic rings. The maximum absolute atomic E-state index is 12.3. The first-order valence-corrected chi connectivity index (χ1v) is 9.16. The number of carboxylic acid groups (broad SMARTS) is 1. The summed E-state index contributed by atoms with van der Waals surface area (Å²) in [4.78, 5) is 23.5. The molecule has 1 aromatic carbocycles. The molecule has 0 spiro atoms. The van der Waals surface area contributed by atoms with E-state index in [1.807, 2.05) is 0 Å². The van der Waals surface area contributed by atoms with Crippen LogP contribution in [-0.4, -0.2) is 38.0 Å². The Balaban J connectivity index is 2.18. The molecular formula is C16H22N2O5S. The van der Waals surface area contributed by atoms with E-state index in [1.165, 1.54) is 26.0 Å². The zero-order chi connectivity index (χ0) is 18.1. The second-order valence-electron chi connectivity index (χ2n) is 6.74. The monoisotopic (exact) mass is 354 g/mol. The summed E-state index contributed by atoms with van der Waals surface area (Å²) in [6.45, 7) is 4.64. The summed E-state index contributed by atoms with van der Waals surface area (Å²) in [7, 11) is -3.65. The Bertz CT molecular complexity index is 767. The van der Waals surface area contributed by atoms with E-state index in [2.05, 4.69) is 10.0 Å². The van der Waals surface area contributed by atoms with Gasteiger partial charge in [0.2, 0.25) is 10.0 Å². The molecule has 0 bridgehead atoms. The maximum atomic E-state index is 12.3. The number of aliphatic carboxylic acids is 1. The minimum atomic E-state index is -3.65. The SMILES string of the molecule is Cc1ccc(S(=O)(=O)NC2CC2)cc1C(=O)NCC(C)(C)C(=O)O. The van der Waals surface area contributed by atoms with E-state index < -0.39 is 27.3 Å². The Morgan fingerprint density at radius 2 is 1.92 bits per heavy atom. The van der Waals surface area contributed by atoms with Gasteiger partial charge in [0.15, 0.2) is 0 Å². The zero-order valence-corrected chi connectivity index (χ0v) is 14.7. The molecule has 8 heteroatoms. The normalized spacial score (nSPS) is 15.1. The van der Waals surface area contributed by atoms with Crippen molar-refractivity contribution in [3.63, 3.8) is 0 Å². The fourth-order valence-corrected chi connectivity index (χ4v) is 3.30. The topological polar surface area (TPSA) is 113 Å². The van der Waals surface area contributed by atoms with Gasteiger partial charge in [-0.25, -0.2) is 13.1 Å². The summed E-state index contributed by atoms with van der Waals surface area (Å²) in [6, 6.07) is 4.32. The molecule has 1 fully saturated rings. The zero-order valence-electron chi connectivity index (χ0n) is 13.9. The van der Waals surface area contributed by atoms with Gasteiger partial charge in [-0.15, -0.1) is 0 Å². The van der Waals surface area contributed by atoms with E-state index >= 15 is 0 Å². The van der Waals surface area contributed by atoms with Gasteiger partial charge in [0.1, 0.15) is 0 Å². The molecule has 7 nitrogen and oxygen atoms in total. The summed E-state index contributed by atoms with van der Waals surface area (Å²) in [5.41, 5.74) is -0.276. The number of rotatable bonds is 7. The van der Waals surface area contributed by atoms with Gasteiger partial charge in [0.25, 0.3) is 5.91 Å². The largest absolute Gasteiger partial charge is 0.481 e. The highest BCUT2D eigenvalue weighted by molar-refractivity contribution is 7.89. The number of aryl methyl sites for hydroxylation is 1. The number of hydrogen-bond donors (Lipinski definition) is 3. The molecule has 1 aliphatic rings. The van der Waals surface area contributed by atoms with Gasteiger partial charge in [0.05, 0.1) is 10.3 Å². The van der Waals surface area contributed by atoms with Crippen LogP contribution in [0.25, 0.3) is 0 Å². The van der Waals surface area contributed by atoms with E-state index in [-0.39, 0.29) is 23.0 Å². The van der Waals surface area contributed by atoms with Crippen LogP contribution in [0.4, 0.5) is 0 Å². The van der Waals surface area contributed by atoms with E-state index in [9.17, 15) is 18.0 Å². The van der Waals surface area contributed by atoms with Crippen LogP contribution in [0.1, 0.15) is 42.6 Å². The van der Waals surface area contributed by atoms with Gasteiger partial charge >= 0.3 is 5.97 Å². The third-order valence-electron chi connectivity index (χ3n) is 3.93. The molecule has 1 saturated carbocycles. The number of nitrogens with one attached hydrogen (secondary N) is 2. The van der Waals surface area contributed by atoms with Gasteiger partial charge in [0, 0.05) is 18.2 Å². The molecule has 0 aromatic heterocycles. The quantitative estimate of drug-likeness (QED) is 0.683. The van der Waals surface area contributed by atoms with E-state index in [1.54, 1.807) is 13.0 Å². The Hall–Kier alpha value is -1.93. The molecule has 0 aliphatic heterocycles. The molecule has 2 rings (SSSR count). The summed E-state index contributed by atoms with van der Waals surface area (Å²) in [5, 5.41) is 11.6. The van der Waals surface area contributed by atoms with Crippen molar-refractivity contribution in [2.75, 3.05) is 6.54 Å². The molecule has 24 heavy (non-hydrogen) atoms. The Kier molecular flexibility index (Phi) is 5.00. The molecule has 0 saturated heterocycles. The van der Waals surface area contributed by atoms with Crippen LogP contribution in [0.2, 0.25) is 0 Å². The van der Waals surface area contributed by atoms with Crippen LogP contribution in [0, 0.1) is 12.3 Å². The van der Waals surface area contributed by atoms with E-state index in [0.29, 0.717) is 5.56 Å². The lowest BCUT2D eigenvalue weighted by molar-refractivity contribution is -0.146. The number of hydrogen-bond acceptors (Lipinski definition) is 4. The first-order valence-electron chi connectivity index (χ1n) is 7.67. The lowest BCUT2D eigenvalue weighted by atomic mass is 9.93.